The zero-order valence-electron chi connectivity index (χ0n) is 9.47. The van der Waals surface area contributed by atoms with Crippen LogP contribution in [0.3, 0.4) is 0 Å². The molecule has 0 amide bonds. The summed E-state index contributed by atoms with van der Waals surface area (Å²) in [7, 11) is 0. The SMILES string of the molecule is O=C(CCc1ccc(OCCBr)cc1)C(F)(F)F. The summed E-state index contributed by atoms with van der Waals surface area (Å²) in [4.78, 5) is 10.7. The van der Waals surface area contributed by atoms with Gasteiger partial charge in [0.2, 0.25) is 5.78 Å². The molecule has 1 aromatic rings. The third-order valence-electron chi connectivity index (χ3n) is 2.23. The number of halogens is 4. The molecule has 0 saturated heterocycles. The Morgan fingerprint density at radius 3 is 2.33 bits per heavy atom. The highest BCUT2D eigenvalue weighted by Gasteiger charge is 2.37. The summed E-state index contributed by atoms with van der Waals surface area (Å²) in [5.74, 6) is -1.04. The van der Waals surface area contributed by atoms with E-state index in [1.54, 1.807) is 24.3 Å². The molecule has 0 radical (unpaired) electrons. The van der Waals surface area contributed by atoms with Gasteiger partial charge in [-0.15, -0.1) is 0 Å². The van der Waals surface area contributed by atoms with Crippen molar-refractivity contribution in [3.8, 4) is 5.75 Å². The van der Waals surface area contributed by atoms with Gasteiger partial charge < -0.3 is 4.74 Å². The molecule has 0 fully saturated rings. The maximum absolute atomic E-state index is 12.0. The van der Waals surface area contributed by atoms with E-state index in [0.717, 1.165) is 0 Å². The largest absolute Gasteiger partial charge is 0.493 e. The minimum Gasteiger partial charge on any atom is -0.493 e. The molecule has 0 atom stereocenters. The van der Waals surface area contributed by atoms with Gasteiger partial charge in [-0.3, -0.25) is 4.79 Å². The lowest BCUT2D eigenvalue weighted by atomic mass is 10.1. The van der Waals surface area contributed by atoms with Gasteiger partial charge in [-0.1, -0.05) is 28.1 Å². The number of hydrogen-bond donors (Lipinski definition) is 0. The van der Waals surface area contributed by atoms with Crippen molar-refractivity contribution in [2.75, 3.05) is 11.9 Å². The third kappa shape index (κ3) is 5.08. The predicted octanol–water partition coefficient (Wildman–Crippen LogP) is 3.52. The van der Waals surface area contributed by atoms with E-state index < -0.39 is 18.4 Å². The number of aryl methyl sites for hydroxylation is 1. The van der Waals surface area contributed by atoms with E-state index in [0.29, 0.717) is 23.2 Å². The van der Waals surface area contributed by atoms with E-state index in [-0.39, 0.29) is 6.42 Å². The van der Waals surface area contributed by atoms with Crippen LogP contribution in [-0.4, -0.2) is 23.9 Å². The first kappa shape index (κ1) is 15.0. The van der Waals surface area contributed by atoms with Crippen molar-refractivity contribution in [1.29, 1.82) is 0 Å². The number of carbonyl (C=O) groups excluding carboxylic acids is 1. The zero-order valence-corrected chi connectivity index (χ0v) is 11.1. The first-order valence-corrected chi connectivity index (χ1v) is 6.43. The normalized spacial score (nSPS) is 11.3. The fourth-order valence-corrected chi connectivity index (χ4v) is 1.47. The Labute approximate surface area is 111 Å². The van der Waals surface area contributed by atoms with Crippen LogP contribution in [0.1, 0.15) is 12.0 Å². The second kappa shape index (κ2) is 6.78. The van der Waals surface area contributed by atoms with Gasteiger partial charge >= 0.3 is 6.18 Å². The smallest absolute Gasteiger partial charge is 0.449 e. The van der Waals surface area contributed by atoms with Crippen LogP contribution in [0.2, 0.25) is 0 Å². The lowest BCUT2D eigenvalue weighted by molar-refractivity contribution is -0.171. The molecule has 0 bridgehead atoms. The van der Waals surface area contributed by atoms with Gasteiger partial charge in [0.15, 0.2) is 0 Å². The highest BCUT2D eigenvalue weighted by atomic mass is 79.9. The predicted molar refractivity (Wildman–Crippen MR) is 65.1 cm³/mol. The topological polar surface area (TPSA) is 26.3 Å². The van der Waals surface area contributed by atoms with Crippen molar-refractivity contribution in [2.24, 2.45) is 0 Å². The molecule has 6 heteroatoms. The Balaban J connectivity index is 2.46. The number of hydrogen-bond acceptors (Lipinski definition) is 2. The molecule has 1 aromatic carbocycles. The molecular formula is C12H12BrF3O2. The highest BCUT2D eigenvalue weighted by molar-refractivity contribution is 9.09. The molecule has 1 rings (SSSR count). The van der Waals surface area contributed by atoms with Gasteiger partial charge in [0.05, 0.1) is 6.61 Å². The standard InChI is InChI=1S/C12H12BrF3O2/c13-7-8-18-10-4-1-9(2-5-10)3-6-11(17)12(14,15)16/h1-2,4-5H,3,6-8H2. The lowest BCUT2D eigenvalue weighted by Crippen LogP contribution is -2.22. The number of alkyl halides is 4. The van der Waals surface area contributed by atoms with E-state index in [1.165, 1.54) is 0 Å². The number of ketones is 1. The average Bonchev–Trinajstić information content (AvgIpc) is 2.33. The second-order valence-corrected chi connectivity index (χ2v) is 4.40. The Hall–Kier alpha value is -1.04. The van der Waals surface area contributed by atoms with Crippen molar-refractivity contribution < 1.29 is 22.7 Å². The van der Waals surface area contributed by atoms with Crippen LogP contribution in [0.5, 0.6) is 5.75 Å². The second-order valence-electron chi connectivity index (χ2n) is 3.60. The van der Waals surface area contributed by atoms with Crippen LogP contribution in [0, 0.1) is 0 Å². The molecule has 0 unspecified atom stereocenters. The highest BCUT2D eigenvalue weighted by Crippen LogP contribution is 2.20. The van der Waals surface area contributed by atoms with Gasteiger partial charge in [0.25, 0.3) is 0 Å². The Morgan fingerprint density at radius 2 is 1.83 bits per heavy atom. The Morgan fingerprint density at radius 1 is 1.22 bits per heavy atom. The molecule has 0 aliphatic rings. The van der Waals surface area contributed by atoms with E-state index >= 15 is 0 Å². The molecule has 0 aromatic heterocycles. The molecule has 0 aliphatic carbocycles. The summed E-state index contributed by atoms with van der Waals surface area (Å²) in [5.41, 5.74) is 0.679. The van der Waals surface area contributed by atoms with Crippen molar-refractivity contribution in [3.05, 3.63) is 29.8 Å². The van der Waals surface area contributed by atoms with Crippen molar-refractivity contribution in [1.82, 2.24) is 0 Å². The molecule has 0 aliphatic heterocycles. The van der Waals surface area contributed by atoms with Crippen LogP contribution in [0.4, 0.5) is 13.2 Å². The van der Waals surface area contributed by atoms with Crippen molar-refractivity contribution in [2.45, 2.75) is 19.0 Å². The Bertz CT molecular complexity index is 387. The van der Waals surface area contributed by atoms with Gasteiger partial charge in [-0.25, -0.2) is 0 Å². The third-order valence-corrected chi connectivity index (χ3v) is 2.55. The van der Waals surface area contributed by atoms with Crippen LogP contribution >= 0.6 is 15.9 Å². The van der Waals surface area contributed by atoms with Crippen molar-refractivity contribution >= 4 is 21.7 Å². The quantitative estimate of drug-likeness (QED) is 0.748. The Kier molecular flexibility index (Phi) is 5.65. The molecule has 0 saturated carbocycles. The van der Waals surface area contributed by atoms with Gasteiger partial charge in [0.1, 0.15) is 5.75 Å². The molecule has 18 heavy (non-hydrogen) atoms. The summed E-state index contributed by atoms with van der Waals surface area (Å²) in [6, 6.07) is 6.67. The number of ether oxygens (including phenoxy) is 1. The monoisotopic (exact) mass is 324 g/mol. The lowest BCUT2D eigenvalue weighted by Gasteiger charge is -2.07. The minimum atomic E-state index is -4.74. The molecule has 0 heterocycles. The van der Waals surface area contributed by atoms with Gasteiger partial charge in [-0.2, -0.15) is 13.2 Å². The first-order valence-electron chi connectivity index (χ1n) is 5.31. The van der Waals surface area contributed by atoms with Crippen LogP contribution in [-0.2, 0) is 11.2 Å². The molecule has 0 spiro atoms. The van der Waals surface area contributed by atoms with E-state index in [9.17, 15) is 18.0 Å². The number of benzene rings is 1. The summed E-state index contributed by atoms with van der Waals surface area (Å²) in [6.45, 7) is 0.520. The summed E-state index contributed by atoms with van der Waals surface area (Å²) in [5, 5.41) is 0.703. The average molecular weight is 325 g/mol. The minimum absolute atomic E-state index is 0.0804. The molecule has 0 N–H and O–H groups in total. The fourth-order valence-electron chi connectivity index (χ4n) is 1.31. The molecule has 2 nitrogen and oxygen atoms in total. The molecule has 100 valence electrons. The van der Waals surface area contributed by atoms with Crippen LogP contribution in [0.25, 0.3) is 0 Å². The summed E-state index contributed by atoms with van der Waals surface area (Å²) < 4.78 is 41.2. The number of Topliss-reactive ketones (excluding diaryl/α,β-unsaturated/α-hetero) is 1. The van der Waals surface area contributed by atoms with Gasteiger partial charge in [0, 0.05) is 11.8 Å². The van der Waals surface area contributed by atoms with Crippen LogP contribution in [0.15, 0.2) is 24.3 Å². The number of carbonyl (C=O) groups is 1. The maximum atomic E-state index is 12.0. The number of rotatable bonds is 6. The van der Waals surface area contributed by atoms with E-state index in [2.05, 4.69) is 15.9 Å². The summed E-state index contributed by atoms with van der Waals surface area (Å²) in [6.07, 6.45) is -5.18. The van der Waals surface area contributed by atoms with Crippen molar-refractivity contribution in [3.63, 3.8) is 0 Å². The van der Waals surface area contributed by atoms with Crippen LogP contribution < -0.4 is 4.74 Å². The first-order chi connectivity index (χ1) is 8.43. The fraction of sp³-hybridized carbons (Fsp3) is 0.417. The van der Waals surface area contributed by atoms with E-state index in [1.807, 2.05) is 0 Å². The molecular weight excluding hydrogens is 313 g/mol. The van der Waals surface area contributed by atoms with E-state index in [4.69, 9.17) is 4.74 Å². The van der Waals surface area contributed by atoms with Gasteiger partial charge in [-0.05, 0) is 24.1 Å². The zero-order chi connectivity index (χ0) is 13.6. The summed E-state index contributed by atoms with van der Waals surface area (Å²) >= 11 is 3.21. The maximum Gasteiger partial charge on any atom is 0.449 e.